The van der Waals surface area contributed by atoms with Gasteiger partial charge >= 0.3 is 0 Å². The van der Waals surface area contributed by atoms with Gasteiger partial charge in [0.05, 0.1) is 0 Å². The lowest BCUT2D eigenvalue weighted by Crippen LogP contribution is -2.22. The second kappa shape index (κ2) is 5.58. The van der Waals surface area contributed by atoms with Gasteiger partial charge < -0.3 is 10.6 Å². The molecule has 0 bridgehead atoms. The van der Waals surface area contributed by atoms with Gasteiger partial charge in [-0.2, -0.15) is 0 Å². The fraction of sp³-hybridized carbons (Fsp3) is 0.250. The maximum absolute atomic E-state index is 6.03. The summed E-state index contributed by atoms with van der Waals surface area (Å²) >= 11 is 0. The standard InChI is InChI=1S/C16H19N2/c1-3-18(4-2)16-12-8-6-10-14(16)13-9-5-7-11-15(13)17/h5-10,12H,3-4,17H2,1-2H3. The molecule has 0 atom stereocenters. The van der Waals surface area contributed by atoms with Crippen LogP contribution in [0.15, 0.2) is 42.5 Å². The largest absolute Gasteiger partial charge is 0.398 e. The monoisotopic (exact) mass is 239 g/mol. The lowest BCUT2D eigenvalue weighted by molar-refractivity contribution is 0.867. The molecule has 0 aliphatic heterocycles. The molecule has 0 heterocycles. The Morgan fingerprint density at radius 2 is 1.67 bits per heavy atom. The molecule has 0 aromatic heterocycles. The van der Waals surface area contributed by atoms with Crippen LogP contribution in [0.3, 0.4) is 0 Å². The number of hydrogen-bond donors (Lipinski definition) is 1. The number of nitrogens with two attached hydrogens (primary N) is 1. The van der Waals surface area contributed by atoms with Crippen LogP contribution < -0.4 is 10.6 Å². The van der Waals surface area contributed by atoms with E-state index in [9.17, 15) is 0 Å². The van der Waals surface area contributed by atoms with Gasteiger partial charge in [-0.3, -0.25) is 0 Å². The number of benzene rings is 2. The second-order valence-corrected chi connectivity index (χ2v) is 4.19. The number of nitrogens with zero attached hydrogens (tertiary/aromatic N) is 1. The van der Waals surface area contributed by atoms with Gasteiger partial charge in [0.25, 0.3) is 0 Å². The third-order valence-electron chi connectivity index (χ3n) is 3.19. The van der Waals surface area contributed by atoms with E-state index in [1.54, 1.807) is 0 Å². The van der Waals surface area contributed by atoms with Gasteiger partial charge in [-0.15, -0.1) is 0 Å². The first-order chi connectivity index (χ1) is 8.77. The predicted molar refractivity (Wildman–Crippen MR) is 78.7 cm³/mol. The van der Waals surface area contributed by atoms with Crippen LogP contribution in [0.25, 0.3) is 11.1 Å². The van der Waals surface area contributed by atoms with Crippen molar-refractivity contribution in [3.05, 3.63) is 48.5 Å². The Morgan fingerprint density at radius 1 is 1.00 bits per heavy atom. The Labute approximate surface area is 109 Å². The molecule has 0 saturated carbocycles. The van der Waals surface area contributed by atoms with Crippen LogP contribution in [0.1, 0.15) is 13.8 Å². The van der Waals surface area contributed by atoms with Crippen molar-refractivity contribution in [1.29, 1.82) is 0 Å². The fourth-order valence-corrected chi connectivity index (χ4v) is 2.23. The Balaban J connectivity index is 2.55. The van der Waals surface area contributed by atoms with E-state index in [2.05, 4.69) is 49.1 Å². The van der Waals surface area contributed by atoms with Crippen LogP contribution in [0.2, 0.25) is 0 Å². The second-order valence-electron chi connectivity index (χ2n) is 4.19. The molecule has 18 heavy (non-hydrogen) atoms. The highest BCUT2D eigenvalue weighted by Crippen LogP contribution is 2.33. The minimum Gasteiger partial charge on any atom is -0.398 e. The summed E-state index contributed by atoms with van der Waals surface area (Å²) in [5.74, 6) is 0. The highest BCUT2D eigenvalue weighted by atomic mass is 15.1. The first-order valence-corrected chi connectivity index (χ1v) is 6.38. The highest BCUT2D eigenvalue weighted by molar-refractivity contribution is 5.85. The highest BCUT2D eigenvalue weighted by Gasteiger charge is 2.11. The molecule has 2 heteroatoms. The average Bonchev–Trinajstić information content (AvgIpc) is 2.41. The fourth-order valence-electron chi connectivity index (χ4n) is 2.23. The zero-order valence-electron chi connectivity index (χ0n) is 11.0. The van der Waals surface area contributed by atoms with Crippen molar-refractivity contribution in [2.24, 2.45) is 0 Å². The van der Waals surface area contributed by atoms with Gasteiger partial charge in [-0.25, -0.2) is 0 Å². The molecular weight excluding hydrogens is 220 g/mol. The topological polar surface area (TPSA) is 29.3 Å². The van der Waals surface area contributed by atoms with Crippen molar-refractivity contribution >= 4 is 11.4 Å². The maximum Gasteiger partial charge on any atom is 0.0474 e. The van der Waals surface area contributed by atoms with Crippen molar-refractivity contribution in [1.82, 2.24) is 0 Å². The zero-order chi connectivity index (χ0) is 13.0. The molecule has 0 fully saturated rings. The Kier molecular flexibility index (Phi) is 3.88. The third kappa shape index (κ3) is 2.33. The van der Waals surface area contributed by atoms with Crippen molar-refractivity contribution in [2.75, 3.05) is 23.7 Å². The van der Waals surface area contributed by atoms with Gasteiger partial charge in [-0.1, -0.05) is 36.4 Å². The first-order valence-electron chi connectivity index (χ1n) is 6.38. The molecule has 0 aliphatic carbocycles. The van der Waals surface area contributed by atoms with Crippen molar-refractivity contribution in [3.63, 3.8) is 0 Å². The van der Waals surface area contributed by atoms with Gasteiger partial charge in [0.15, 0.2) is 0 Å². The molecule has 2 nitrogen and oxygen atoms in total. The van der Waals surface area contributed by atoms with Gasteiger partial charge in [0.1, 0.15) is 0 Å². The molecule has 2 rings (SSSR count). The number of para-hydroxylation sites is 2. The zero-order valence-corrected chi connectivity index (χ0v) is 11.0. The molecular formula is C16H19N2. The summed E-state index contributed by atoms with van der Waals surface area (Å²) < 4.78 is 0. The molecule has 2 N–H and O–H groups in total. The van der Waals surface area contributed by atoms with Crippen LogP contribution in [0.5, 0.6) is 0 Å². The molecule has 1 radical (unpaired) electrons. The summed E-state index contributed by atoms with van der Waals surface area (Å²) in [6.45, 7) is 6.31. The number of rotatable bonds is 4. The summed E-state index contributed by atoms with van der Waals surface area (Å²) in [5.41, 5.74) is 10.2. The van der Waals surface area contributed by atoms with E-state index in [1.807, 2.05) is 18.2 Å². The number of hydrogen-bond acceptors (Lipinski definition) is 2. The molecule has 0 saturated heterocycles. The minimum absolute atomic E-state index is 0.706. The molecule has 2 aromatic carbocycles. The van der Waals surface area contributed by atoms with Crippen LogP contribution in [-0.4, -0.2) is 13.1 Å². The molecule has 0 amide bonds. The summed E-state index contributed by atoms with van der Waals surface area (Å²) in [5, 5.41) is 0. The smallest absolute Gasteiger partial charge is 0.0474 e. The summed E-state index contributed by atoms with van der Waals surface area (Å²) in [7, 11) is 0. The van der Waals surface area contributed by atoms with E-state index in [0.717, 1.165) is 18.7 Å². The Morgan fingerprint density at radius 3 is 2.33 bits per heavy atom. The Bertz CT molecular complexity index is 516. The lowest BCUT2D eigenvalue weighted by atomic mass is 10.0. The molecule has 0 unspecified atom stereocenters. The van der Waals surface area contributed by atoms with E-state index in [1.165, 1.54) is 11.3 Å². The minimum atomic E-state index is 0.706. The van der Waals surface area contributed by atoms with Gasteiger partial charge in [0.2, 0.25) is 0 Å². The van der Waals surface area contributed by atoms with Crippen molar-refractivity contribution < 1.29 is 0 Å². The maximum atomic E-state index is 6.03. The summed E-state index contributed by atoms with van der Waals surface area (Å²) in [6.07, 6.45) is 0. The molecule has 0 spiro atoms. The quantitative estimate of drug-likeness (QED) is 0.826. The van der Waals surface area contributed by atoms with Crippen LogP contribution in [0.4, 0.5) is 11.4 Å². The predicted octanol–water partition coefficient (Wildman–Crippen LogP) is 3.58. The summed E-state index contributed by atoms with van der Waals surface area (Å²) in [6, 6.07) is 17.3. The van der Waals surface area contributed by atoms with E-state index >= 15 is 0 Å². The van der Waals surface area contributed by atoms with Crippen molar-refractivity contribution in [2.45, 2.75) is 13.8 Å². The van der Waals surface area contributed by atoms with E-state index in [4.69, 9.17) is 5.73 Å². The van der Waals surface area contributed by atoms with Gasteiger partial charge in [-0.05, 0) is 19.9 Å². The van der Waals surface area contributed by atoms with Crippen molar-refractivity contribution in [3.8, 4) is 11.1 Å². The lowest BCUT2D eigenvalue weighted by Gasteiger charge is -2.24. The van der Waals surface area contributed by atoms with E-state index < -0.39 is 0 Å². The molecule has 93 valence electrons. The van der Waals surface area contributed by atoms with Gasteiger partial charge in [0, 0.05) is 41.7 Å². The molecule has 0 aliphatic rings. The third-order valence-corrected chi connectivity index (χ3v) is 3.19. The van der Waals surface area contributed by atoms with Crippen LogP contribution >= 0.6 is 0 Å². The normalized spacial score (nSPS) is 10.3. The first kappa shape index (κ1) is 12.5. The van der Waals surface area contributed by atoms with Crippen LogP contribution in [-0.2, 0) is 0 Å². The average molecular weight is 239 g/mol. The Hall–Kier alpha value is -1.96. The molecule has 2 aromatic rings. The van der Waals surface area contributed by atoms with Crippen LogP contribution in [0, 0.1) is 6.07 Å². The SMILES string of the molecule is CCN(CC)c1ccccc1-c1ccc[c]c1N. The number of anilines is 2. The number of nitrogen functional groups attached to an aromatic ring is 1. The van der Waals surface area contributed by atoms with E-state index in [0.29, 0.717) is 5.69 Å². The van der Waals surface area contributed by atoms with E-state index in [-0.39, 0.29) is 0 Å². The summed E-state index contributed by atoms with van der Waals surface area (Å²) in [4.78, 5) is 2.34.